The number of piperidine rings is 1. The number of rotatable bonds is 3. The van der Waals surface area contributed by atoms with Crippen LogP contribution in [0.1, 0.15) is 55.2 Å². The number of benzene rings is 1. The smallest absolute Gasteiger partial charge is 0.136 e. The Morgan fingerprint density at radius 2 is 1.96 bits per heavy atom. The first-order chi connectivity index (χ1) is 13.6. The van der Waals surface area contributed by atoms with Gasteiger partial charge in [-0.3, -0.25) is 0 Å². The Morgan fingerprint density at radius 3 is 2.75 bits per heavy atom. The Bertz CT molecular complexity index is 1140. The fourth-order valence-electron chi connectivity index (χ4n) is 4.77. The van der Waals surface area contributed by atoms with Crippen molar-refractivity contribution in [1.82, 2.24) is 19.7 Å². The van der Waals surface area contributed by atoms with Gasteiger partial charge >= 0.3 is 0 Å². The van der Waals surface area contributed by atoms with E-state index in [2.05, 4.69) is 70.9 Å². The van der Waals surface area contributed by atoms with Crippen LogP contribution in [0, 0.1) is 6.92 Å². The molecule has 0 spiro atoms. The highest BCUT2D eigenvalue weighted by Crippen LogP contribution is 2.38. The third-order valence-electron chi connectivity index (χ3n) is 6.26. The van der Waals surface area contributed by atoms with Crippen LogP contribution in [0.4, 0.5) is 0 Å². The van der Waals surface area contributed by atoms with E-state index >= 15 is 0 Å². The lowest BCUT2D eigenvalue weighted by molar-refractivity contribution is 0.460. The van der Waals surface area contributed by atoms with E-state index in [1.54, 1.807) is 0 Å². The summed E-state index contributed by atoms with van der Waals surface area (Å²) in [4.78, 5) is 8.17. The van der Waals surface area contributed by atoms with Crippen LogP contribution in [0.15, 0.2) is 42.9 Å². The molecule has 144 valence electrons. The summed E-state index contributed by atoms with van der Waals surface area (Å²) in [6, 6.07) is 9.24. The molecule has 1 fully saturated rings. The number of fused-ring (bicyclic) bond motifs is 2. The van der Waals surface area contributed by atoms with Crippen molar-refractivity contribution in [3.63, 3.8) is 0 Å². The van der Waals surface area contributed by atoms with Gasteiger partial charge in [0, 0.05) is 35.1 Å². The number of pyridine rings is 1. The summed E-state index contributed by atoms with van der Waals surface area (Å²) in [5.41, 5.74) is 8.91. The maximum absolute atomic E-state index is 4.43. The molecular formula is C24H28N4. The Balaban J connectivity index is 1.69. The topological polar surface area (TPSA) is 45.1 Å². The van der Waals surface area contributed by atoms with Gasteiger partial charge in [-0.15, -0.1) is 0 Å². The van der Waals surface area contributed by atoms with E-state index in [9.17, 15) is 0 Å². The molecular weight excluding hydrogens is 344 g/mol. The maximum Gasteiger partial charge on any atom is 0.136 e. The summed E-state index contributed by atoms with van der Waals surface area (Å²) in [5, 5.41) is 4.86. The van der Waals surface area contributed by atoms with Crippen molar-refractivity contribution in [3.8, 4) is 11.3 Å². The van der Waals surface area contributed by atoms with Gasteiger partial charge in [0.1, 0.15) is 5.65 Å². The van der Waals surface area contributed by atoms with Gasteiger partial charge in [0.25, 0.3) is 0 Å². The second kappa shape index (κ2) is 6.78. The molecule has 1 saturated heterocycles. The van der Waals surface area contributed by atoms with Crippen LogP contribution in [0.3, 0.4) is 0 Å². The first-order valence-corrected chi connectivity index (χ1v) is 10.4. The Labute approximate surface area is 166 Å². The van der Waals surface area contributed by atoms with Crippen molar-refractivity contribution in [2.75, 3.05) is 13.1 Å². The zero-order valence-electron chi connectivity index (χ0n) is 16.9. The highest BCUT2D eigenvalue weighted by Gasteiger charge is 2.21. The Morgan fingerprint density at radius 1 is 1.14 bits per heavy atom. The molecule has 0 amide bonds. The molecule has 4 aromatic rings. The van der Waals surface area contributed by atoms with Gasteiger partial charge in [-0.05, 0) is 79.6 Å². The summed E-state index contributed by atoms with van der Waals surface area (Å²) < 4.78 is 2.11. The molecule has 28 heavy (non-hydrogen) atoms. The molecule has 0 radical (unpaired) electrons. The number of aryl methyl sites for hydroxylation is 1. The zero-order valence-corrected chi connectivity index (χ0v) is 16.9. The van der Waals surface area contributed by atoms with Crippen LogP contribution in [0.5, 0.6) is 0 Å². The minimum atomic E-state index is 0.449. The normalized spacial score (nSPS) is 15.9. The summed E-state index contributed by atoms with van der Waals surface area (Å²) in [6.45, 7) is 9.04. The lowest BCUT2D eigenvalue weighted by Gasteiger charge is -2.23. The summed E-state index contributed by atoms with van der Waals surface area (Å²) in [6.07, 6.45) is 8.55. The molecule has 0 unspecified atom stereocenters. The number of imidazole rings is 1. The molecule has 1 aromatic carbocycles. The van der Waals surface area contributed by atoms with Crippen LogP contribution in [0.25, 0.3) is 27.8 Å². The highest BCUT2D eigenvalue weighted by molar-refractivity contribution is 5.92. The van der Waals surface area contributed by atoms with E-state index < -0.39 is 0 Å². The Kier molecular flexibility index (Phi) is 4.24. The molecule has 5 rings (SSSR count). The molecule has 0 bridgehead atoms. The van der Waals surface area contributed by atoms with Crippen LogP contribution in [-0.4, -0.2) is 27.5 Å². The third-order valence-corrected chi connectivity index (χ3v) is 6.26. The van der Waals surface area contributed by atoms with E-state index in [-0.39, 0.29) is 0 Å². The average Bonchev–Trinajstić information content (AvgIpc) is 3.30. The fourth-order valence-corrected chi connectivity index (χ4v) is 4.77. The lowest BCUT2D eigenvalue weighted by atomic mass is 9.88. The second-order valence-corrected chi connectivity index (χ2v) is 8.46. The molecule has 0 aliphatic carbocycles. The molecule has 4 heteroatoms. The van der Waals surface area contributed by atoms with Gasteiger partial charge in [0.05, 0.1) is 5.69 Å². The molecule has 4 nitrogen and oxygen atoms in total. The van der Waals surface area contributed by atoms with Gasteiger partial charge < -0.3 is 14.7 Å². The van der Waals surface area contributed by atoms with E-state index in [1.165, 1.54) is 51.7 Å². The summed E-state index contributed by atoms with van der Waals surface area (Å²) in [7, 11) is 0. The fraction of sp³-hybridized carbons (Fsp3) is 0.375. The number of aromatic nitrogens is 3. The largest absolute Gasteiger partial charge is 0.354 e. The van der Waals surface area contributed by atoms with Crippen molar-refractivity contribution >= 4 is 16.6 Å². The monoisotopic (exact) mass is 372 g/mol. The van der Waals surface area contributed by atoms with Gasteiger partial charge in [0.2, 0.25) is 0 Å². The number of hydrogen-bond donors (Lipinski definition) is 2. The minimum absolute atomic E-state index is 0.449. The molecule has 1 aliphatic rings. The van der Waals surface area contributed by atoms with Gasteiger partial charge in [-0.25, -0.2) is 4.98 Å². The molecule has 4 heterocycles. The number of aromatic amines is 1. The van der Waals surface area contributed by atoms with E-state index in [1.807, 2.05) is 12.4 Å². The van der Waals surface area contributed by atoms with Gasteiger partial charge in [0.15, 0.2) is 0 Å². The first-order valence-electron chi connectivity index (χ1n) is 10.4. The van der Waals surface area contributed by atoms with Crippen LogP contribution in [-0.2, 0) is 0 Å². The van der Waals surface area contributed by atoms with Gasteiger partial charge in [-0.2, -0.15) is 0 Å². The van der Waals surface area contributed by atoms with Crippen molar-refractivity contribution in [2.24, 2.45) is 0 Å². The quantitative estimate of drug-likeness (QED) is 0.507. The standard InChI is InChI=1S/C24H28N4/c1-15(2)23-19-13-18(17-6-8-25-9-7-17)4-5-21(19)27-24(23)20-14-28-11-10-26-22(28)12-16(20)3/h4-5,10-15,17,25,27H,6-9H2,1-3H3. The van der Waals surface area contributed by atoms with Gasteiger partial charge in [-0.1, -0.05) is 19.9 Å². The lowest BCUT2D eigenvalue weighted by Crippen LogP contribution is -2.26. The molecule has 3 aromatic heterocycles. The maximum atomic E-state index is 4.43. The first kappa shape index (κ1) is 17.5. The van der Waals surface area contributed by atoms with Crippen molar-refractivity contribution in [1.29, 1.82) is 0 Å². The summed E-state index contributed by atoms with van der Waals surface area (Å²) >= 11 is 0. The van der Waals surface area contributed by atoms with E-state index in [0.717, 1.165) is 18.7 Å². The number of hydrogen-bond acceptors (Lipinski definition) is 2. The summed E-state index contributed by atoms with van der Waals surface area (Å²) in [5.74, 6) is 1.12. The Hall–Kier alpha value is -2.59. The van der Waals surface area contributed by atoms with E-state index in [0.29, 0.717) is 11.8 Å². The average molecular weight is 373 g/mol. The molecule has 0 saturated carbocycles. The van der Waals surface area contributed by atoms with E-state index in [4.69, 9.17) is 0 Å². The predicted molar refractivity (Wildman–Crippen MR) is 116 cm³/mol. The van der Waals surface area contributed by atoms with Crippen molar-refractivity contribution in [3.05, 3.63) is 59.5 Å². The van der Waals surface area contributed by atoms with Crippen LogP contribution < -0.4 is 5.32 Å². The SMILES string of the molecule is Cc1cc2nccn2cc1-c1[nH]c2ccc(C3CCNCC3)cc2c1C(C)C. The number of nitrogens with one attached hydrogen (secondary N) is 2. The zero-order chi connectivity index (χ0) is 19.3. The molecule has 0 atom stereocenters. The molecule has 2 N–H and O–H groups in total. The van der Waals surface area contributed by atoms with Crippen LogP contribution >= 0.6 is 0 Å². The number of nitrogens with zero attached hydrogens (tertiary/aromatic N) is 2. The van der Waals surface area contributed by atoms with Crippen molar-refractivity contribution in [2.45, 2.75) is 45.4 Å². The molecule has 1 aliphatic heterocycles. The highest BCUT2D eigenvalue weighted by atomic mass is 15.0. The number of H-pyrrole nitrogens is 1. The predicted octanol–water partition coefficient (Wildman–Crippen LogP) is 5.38. The third kappa shape index (κ3) is 2.83. The minimum Gasteiger partial charge on any atom is -0.354 e. The second-order valence-electron chi connectivity index (χ2n) is 8.46. The van der Waals surface area contributed by atoms with Crippen LogP contribution in [0.2, 0.25) is 0 Å². The van der Waals surface area contributed by atoms with Crippen molar-refractivity contribution < 1.29 is 0 Å².